The van der Waals surface area contributed by atoms with E-state index in [9.17, 15) is 9.32 Å². The minimum Gasteiger partial charge on any atom is -0.491 e. The zero-order valence-electron chi connectivity index (χ0n) is 11.8. The second-order valence-corrected chi connectivity index (χ2v) is 6.31. The molecule has 3 unspecified atom stereocenters. The van der Waals surface area contributed by atoms with Crippen LogP contribution in [-0.2, 0) is 10.8 Å². The zero-order chi connectivity index (χ0) is 14.3. The largest absolute Gasteiger partial charge is 0.491 e. The summed E-state index contributed by atoms with van der Waals surface area (Å²) < 4.78 is 16.5. The van der Waals surface area contributed by atoms with Crippen LogP contribution in [0, 0.1) is 6.92 Å². The van der Waals surface area contributed by atoms with Gasteiger partial charge in [0.05, 0.1) is 0 Å². The van der Waals surface area contributed by atoms with E-state index in [0.717, 1.165) is 11.3 Å². The van der Waals surface area contributed by atoms with Gasteiger partial charge in [0.2, 0.25) is 0 Å². The molecular formula is C14H23NO3S. The maximum atomic E-state index is 11.0. The van der Waals surface area contributed by atoms with Crippen molar-refractivity contribution >= 4 is 10.8 Å². The summed E-state index contributed by atoms with van der Waals surface area (Å²) in [5.41, 5.74) is 1.13. The molecule has 0 fully saturated rings. The van der Waals surface area contributed by atoms with Gasteiger partial charge in [-0.2, -0.15) is 0 Å². The summed E-state index contributed by atoms with van der Waals surface area (Å²) >= 11 is 0. The number of benzene rings is 1. The van der Waals surface area contributed by atoms with Gasteiger partial charge in [0, 0.05) is 35.4 Å². The third kappa shape index (κ3) is 7.30. The molecule has 1 aromatic carbocycles. The Kier molecular flexibility index (Phi) is 7.05. The van der Waals surface area contributed by atoms with E-state index in [1.807, 2.05) is 38.1 Å². The first-order valence-corrected chi connectivity index (χ1v) is 8.11. The van der Waals surface area contributed by atoms with Crippen molar-refractivity contribution in [3.8, 4) is 5.75 Å². The molecule has 19 heavy (non-hydrogen) atoms. The van der Waals surface area contributed by atoms with Crippen LogP contribution in [0.5, 0.6) is 5.75 Å². The Morgan fingerprint density at radius 3 is 2.84 bits per heavy atom. The average molecular weight is 285 g/mol. The predicted octanol–water partition coefficient (Wildman–Crippen LogP) is 1.09. The van der Waals surface area contributed by atoms with E-state index in [1.165, 1.54) is 0 Å². The third-order valence-corrected chi connectivity index (χ3v) is 3.59. The fourth-order valence-electron chi connectivity index (χ4n) is 1.70. The minimum atomic E-state index is -0.822. The highest BCUT2D eigenvalue weighted by molar-refractivity contribution is 7.84. The highest BCUT2D eigenvalue weighted by atomic mass is 32.2. The molecule has 0 bridgehead atoms. The molecule has 2 N–H and O–H groups in total. The molecule has 0 saturated carbocycles. The number of hydrogen-bond acceptors (Lipinski definition) is 4. The molecule has 1 rings (SSSR count). The monoisotopic (exact) mass is 285 g/mol. The normalized spacial score (nSPS) is 15.8. The summed E-state index contributed by atoms with van der Waals surface area (Å²) in [5.74, 6) is 1.35. The van der Waals surface area contributed by atoms with E-state index in [-0.39, 0.29) is 12.6 Å². The number of hydrogen-bond donors (Lipinski definition) is 2. The van der Waals surface area contributed by atoms with Crippen molar-refractivity contribution in [2.45, 2.75) is 26.0 Å². The van der Waals surface area contributed by atoms with Gasteiger partial charge < -0.3 is 15.2 Å². The Labute approximate surface area is 117 Å². The summed E-state index contributed by atoms with van der Waals surface area (Å²) in [5, 5.41) is 12.9. The Morgan fingerprint density at radius 1 is 1.47 bits per heavy atom. The van der Waals surface area contributed by atoms with Gasteiger partial charge in [-0.3, -0.25) is 4.21 Å². The number of ether oxygens (including phenoxy) is 1. The summed E-state index contributed by atoms with van der Waals surface area (Å²) in [6.07, 6.45) is 1.10. The number of nitrogens with one attached hydrogen (secondary N) is 1. The second-order valence-electron chi connectivity index (χ2n) is 4.83. The average Bonchev–Trinajstić information content (AvgIpc) is 2.33. The Balaban J connectivity index is 2.24. The van der Waals surface area contributed by atoms with Crippen LogP contribution in [0.25, 0.3) is 0 Å². The first-order valence-electron chi connectivity index (χ1n) is 6.38. The van der Waals surface area contributed by atoms with Crippen molar-refractivity contribution in [3.63, 3.8) is 0 Å². The van der Waals surface area contributed by atoms with Crippen molar-refractivity contribution in [2.75, 3.05) is 25.2 Å². The fourth-order valence-corrected chi connectivity index (χ4v) is 2.53. The Hall–Kier alpha value is -0.910. The lowest BCUT2D eigenvalue weighted by atomic mass is 10.2. The van der Waals surface area contributed by atoms with E-state index in [2.05, 4.69) is 5.32 Å². The lowest BCUT2D eigenvalue weighted by Gasteiger charge is -2.17. The van der Waals surface area contributed by atoms with Gasteiger partial charge in [-0.1, -0.05) is 12.1 Å². The molecular weight excluding hydrogens is 262 g/mol. The molecule has 108 valence electrons. The van der Waals surface area contributed by atoms with Crippen LogP contribution in [0.1, 0.15) is 12.5 Å². The van der Waals surface area contributed by atoms with Crippen molar-refractivity contribution in [1.29, 1.82) is 0 Å². The topological polar surface area (TPSA) is 58.6 Å². The summed E-state index contributed by atoms with van der Waals surface area (Å²) in [6, 6.07) is 7.85. The number of aliphatic hydroxyl groups excluding tert-OH is 1. The highest BCUT2D eigenvalue weighted by Gasteiger charge is 2.09. The molecule has 0 saturated heterocycles. The van der Waals surface area contributed by atoms with Crippen LogP contribution in [0.3, 0.4) is 0 Å². The Bertz CT molecular complexity index is 411. The van der Waals surface area contributed by atoms with Gasteiger partial charge in [0.1, 0.15) is 18.5 Å². The van der Waals surface area contributed by atoms with Crippen LogP contribution in [0.2, 0.25) is 0 Å². The molecule has 0 aromatic heterocycles. The summed E-state index contributed by atoms with van der Waals surface area (Å²) in [7, 11) is -0.822. The van der Waals surface area contributed by atoms with Gasteiger partial charge in [0.15, 0.2) is 0 Å². The molecule has 3 atom stereocenters. The maximum Gasteiger partial charge on any atom is 0.119 e. The third-order valence-electron chi connectivity index (χ3n) is 2.62. The van der Waals surface area contributed by atoms with Crippen molar-refractivity contribution in [1.82, 2.24) is 5.32 Å². The smallest absolute Gasteiger partial charge is 0.119 e. The van der Waals surface area contributed by atoms with Crippen LogP contribution in [0.4, 0.5) is 0 Å². The van der Waals surface area contributed by atoms with Gasteiger partial charge in [-0.05, 0) is 31.5 Å². The Morgan fingerprint density at radius 2 is 2.21 bits per heavy atom. The van der Waals surface area contributed by atoms with Crippen molar-refractivity contribution in [3.05, 3.63) is 29.8 Å². The lowest BCUT2D eigenvalue weighted by molar-refractivity contribution is 0.105. The quantitative estimate of drug-likeness (QED) is 0.751. The van der Waals surface area contributed by atoms with Gasteiger partial charge in [-0.25, -0.2) is 0 Å². The van der Waals surface area contributed by atoms with Crippen molar-refractivity contribution < 1.29 is 14.1 Å². The molecule has 0 aliphatic carbocycles. The van der Waals surface area contributed by atoms with Crippen LogP contribution in [0.15, 0.2) is 24.3 Å². The van der Waals surface area contributed by atoms with Crippen LogP contribution in [-0.4, -0.2) is 46.6 Å². The SMILES string of the molecule is Cc1cccc(OCC(O)CNC(C)CS(C)=O)c1. The van der Waals surface area contributed by atoms with Crippen LogP contribution >= 0.6 is 0 Å². The van der Waals surface area contributed by atoms with E-state index >= 15 is 0 Å². The fraction of sp³-hybridized carbons (Fsp3) is 0.571. The van der Waals surface area contributed by atoms with E-state index in [1.54, 1.807) is 6.26 Å². The first-order chi connectivity index (χ1) is 8.97. The van der Waals surface area contributed by atoms with Gasteiger partial charge >= 0.3 is 0 Å². The number of aryl methyl sites for hydroxylation is 1. The van der Waals surface area contributed by atoms with Gasteiger partial charge in [0.25, 0.3) is 0 Å². The summed E-state index contributed by atoms with van der Waals surface area (Å²) in [4.78, 5) is 0. The molecule has 4 nitrogen and oxygen atoms in total. The predicted molar refractivity (Wildman–Crippen MR) is 79.1 cm³/mol. The molecule has 0 radical (unpaired) electrons. The maximum absolute atomic E-state index is 11.0. The zero-order valence-corrected chi connectivity index (χ0v) is 12.6. The molecule has 0 amide bonds. The molecule has 0 heterocycles. The minimum absolute atomic E-state index is 0.124. The number of rotatable bonds is 8. The van der Waals surface area contributed by atoms with E-state index in [0.29, 0.717) is 12.3 Å². The lowest BCUT2D eigenvalue weighted by Crippen LogP contribution is -2.39. The molecule has 0 aliphatic rings. The van der Waals surface area contributed by atoms with E-state index < -0.39 is 16.9 Å². The van der Waals surface area contributed by atoms with E-state index in [4.69, 9.17) is 4.74 Å². The van der Waals surface area contributed by atoms with Crippen LogP contribution < -0.4 is 10.1 Å². The molecule has 1 aromatic rings. The molecule has 0 spiro atoms. The first kappa shape index (κ1) is 16.1. The summed E-state index contributed by atoms with van der Waals surface area (Å²) in [6.45, 7) is 4.63. The standard InChI is InChI=1S/C14H23NO3S/c1-11-5-4-6-14(7-11)18-9-13(16)8-15-12(2)10-19(3)17/h4-7,12-13,15-16H,8-10H2,1-3H3. The molecule has 5 heteroatoms. The molecule has 0 aliphatic heterocycles. The van der Waals surface area contributed by atoms with Crippen molar-refractivity contribution in [2.24, 2.45) is 0 Å². The second kappa shape index (κ2) is 8.30. The highest BCUT2D eigenvalue weighted by Crippen LogP contribution is 2.12. The number of aliphatic hydroxyl groups is 1. The van der Waals surface area contributed by atoms with Gasteiger partial charge in [-0.15, -0.1) is 0 Å².